The molecule has 0 heterocycles. The van der Waals surface area contributed by atoms with Crippen LogP contribution in [-0.2, 0) is 0 Å². The first-order valence-electron chi connectivity index (χ1n) is 6.89. The molecule has 2 rings (SSSR count). The summed E-state index contributed by atoms with van der Waals surface area (Å²) in [6.07, 6.45) is 3.31. The largest absolute Gasteiger partial charge is 0.378 e. The summed E-state index contributed by atoms with van der Waals surface area (Å²) in [6, 6.07) is 4.55. The molecule has 1 aliphatic rings. The van der Waals surface area contributed by atoms with E-state index in [1.54, 1.807) is 6.07 Å². The number of hydrogen-bond donors (Lipinski definition) is 2. The van der Waals surface area contributed by atoms with Crippen LogP contribution < -0.4 is 11.1 Å². The van der Waals surface area contributed by atoms with Gasteiger partial charge in [0.2, 0.25) is 0 Å². The molecular formula is C15H22ClFN2. The lowest BCUT2D eigenvalue weighted by Crippen LogP contribution is -2.53. The molecule has 0 aliphatic heterocycles. The third-order valence-corrected chi connectivity index (χ3v) is 4.62. The van der Waals surface area contributed by atoms with E-state index in [9.17, 15) is 4.39 Å². The first kappa shape index (κ1) is 14.6. The van der Waals surface area contributed by atoms with Crippen molar-refractivity contribution in [1.29, 1.82) is 0 Å². The maximum atomic E-state index is 13.4. The van der Waals surface area contributed by atoms with Gasteiger partial charge in [-0.2, -0.15) is 0 Å². The summed E-state index contributed by atoms with van der Waals surface area (Å²) in [4.78, 5) is 0. The highest BCUT2D eigenvalue weighted by atomic mass is 35.5. The van der Waals surface area contributed by atoms with Crippen molar-refractivity contribution in [3.05, 3.63) is 29.0 Å². The molecule has 1 saturated carbocycles. The molecule has 19 heavy (non-hydrogen) atoms. The Bertz CT molecular complexity index is 432. The van der Waals surface area contributed by atoms with Crippen LogP contribution in [-0.4, -0.2) is 12.1 Å². The van der Waals surface area contributed by atoms with E-state index in [-0.39, 0.29) is 11.4 Å². The second kappa shape index (κ2) is 5.68. The lowest BCUT2D eigenvalue weighted by atomic mass is 9.70. The Labute approximate surface area is 119 Å². The van der Waals surface area contributed by atoms with Crippen LogP contribution in [0.2, 0.25) is 5.02 Å². The van der Waals surface area contributed by atoms with Crippen LogP contribution in [0.3, 0.4) is 0 Å². The number of nitrogens with one attached hydrogen (secondary N) is 1. The van der Waals surface area contributed by atoms with Crippen LogP contribution in [0.1, 0.15) is 33.1 Å². The average Bonchev–Trinajstić information content (AvgIpc) is 2.32. The number of nitrogens with two attached hydrogens (primary N) is 1. The van der Waals surface area contributed by atoms with Crippen LogP contribution in [0.15, 0.2) is 18.2 Å². The maximum absolute atomic E-state index is 13.4. The Morgan fingerprint density at radius 3 is 2.74 bits per heavy atom. The van der Waals surface area contributed by atoms with E-state index in [0.29, 0.717) is 17.5 Å². The molecule has 0 aromatic heterocycles. The molecule has 0 radical (unpaired) electrons. The SMILES string of the molecule is CC1CCC(CN)(Nc2cc(F)cc(Cl)c2)C(C)C1. The third kappa shape index (κ3) is 3.21. The molecule has 0 saturated heterocycles. The quantitative estimate of drug-likeness (QED) is 0.879. The second-order valence-electron chi connectivity index (χ2n) is 5.92. The van der Waals surface area contributed by atoms with Gasteiger partial charge in [-0.05, 0) is 49.3 Å². The molecule has 1 aliphatic carbocycles. The summed E-state index contributed by atoms with van der Waals surface area (Å²) in [7, 11) is 0. The molecule has 1 aromatic rings. The highest BCUT2D eigenvalue weighted by Gasteiger charge is 2.39. The normalized spacial score (nSPS) is 31.2. The van der Waals surface area contributed by atoms with Crippen molar-refractivity contribution in [2.24, 2.45) is 17.6 Å². The number of rotatable bonds is 3. The minimum atomic E-state index is -0.320. The van der Waals surface area contributed by atoms with Gasteiger partial charge in [-0.15, -0.1) is 0 Å². The summed E-state index contributed by atoms with van der Waals surface area (Å²) in [5.74, 6) is 0.870. The van der Waals surface area contributed by atoms with E-state index in [2.05, 4.69) is 19.2 Å². The van der Waals surface area contributed by atoms with Crippen LogP contribution in [0, 0.1) is 17.7 Å². The van der Waals surface area contributed by atoms with E-state index in [4.69, 9.17) is 17.3 Å². The Kier molecular flexibility index (Phi) is 4.36. The molecule has 0 amide bonds. The summed E-state index contributed by atoms with van der Waals surface area (Å²) in [5, 5.41) is 3.86. The van der Waals surface area contributed by atoms with E-state index in [1.807, 2.05) is 0 Å². The van der Waals surface area contributed by atoms with E-state index < -0.39 is 0 Å². The minimum absolute atomic E-state index is 0.149. The highest BCUT2D eigenvalue weighted by molar-refractivity contribution is 6.30. The molecule has 4 heteroatoms. The lowest BCUT2D eigenvalue weighted by molar-refractivity contribution is 0.189. The minimum Gasteiger partial charge on any atom is -0.378 e. The van der Waals surface area contributed by atoms with Gasteiger partial charge in [0.1, 0.15) is 5.82 Å². The fourth-order valence-electron chi connectivity index (χ4n) is 3.15. The fraction of sp³-hybridized carbons (Fsp3) is 0.600. The monoisotopic (exact) mass is 284 g/mol. The standard InChI is InChI=1S/C15H22ClFN2/c1-10-3-4-15(9-18,11(2)5-10)19-14-7-12(16)6-13(17)8-14/h6-8,10-11,19H,3-5,9,18H2,1-2H3. The Morgan fingerprint density at radius 2 is 2.16 bits per heavy atom. The van der Waals surface area contributed by atoms with Crippen molar-refractivity contribution in [3.63, 3.8) is 0 Å². The van der Waals surface area contributed by atoms with Gasteiger partial charge >= 0.3 is 0 Å². The van der Waals surface area contributed by atoms with Crippen molar-refractivity contribution in [1.82, 2.24) is 0 Å². The zero-order valence-corrected chi connectivity index (χ0v) is 12.3. The molecule has 2 nitrogen and oxygen atoms in total. The Balaban J connectivity index is 2.22. The summed E-state index contributed by atoms with van der Waals surface area (Å²) in [5.41, 5.74) is 6.58. The van der Waals surface area contributed by atoms with Crippen LogP contribution in [0.25, 0.3) is 0 Å². The van der Waals surface area contributed by atoms with Gasteiger partial charge in [0.15, 0.2) is 0 Å². The van der Waals surface area contributed by atoms with Crippen LogP contribution >= 0.6 is 11.6 Å². The first-order chi connectivity index (χ1) is 8.95. The topological polar surface area (TPSA) is 38.0 Å². The lowest BCUT2D eigenvalue weighted by Gasteiger charge is -2.45. The highest BCUT2D eigenvalue weighted by Crippen LogP contribution is 2.38. The molecule has 1 fully saturated rings. The van der Waals surface area contributed by atoms with Crippen LogP contribution in [0.4, 0.5) is 10.1 Å². The average molecular weight is 285 g/mol. The summed E-state index contributed by atoms with van der Waals surface area (Å²) < 4.78 is 13.4. The van der Waals surface area contributed by atoms with Gasteiger partial charge in [-0.1, -0.05) is 25.4 Å². The molecule has 3 atom stereocenters. The zero-order valence-electron chi connectivity index (χ0n) is 11.5. The zero-order chi connectivity index (χ0) is 14.0. The molecule has 1 aromatic carbocycles. The smallest absolute Gasteiger partial charge is 0.126 e. The van der Waals surface area contributed by atoms with E-state index in [1.165, 1.54) is 12.1 Å². The molecule has 3 unspecified atom stereocenters. The van der Waals surface area contributed by atoms with Gasteiger partial charge in [0.25, 0.3) is 0 Å². The summed E-state index contributed by atoms with van der Waals surface area (Å²) >= 11 is 5.90. The van der Waals surface area contributed by atoms with E-state index in [0.717, 1.165) is 30.9 Å². The molecule has 0 bridgehead atoms. The fourth-order valence-corrected chi connectivity index (χ4v) is 3.37. The third-order valence-electron chi connectivity index (χ3n) is 4.40. The van der Waals surface area contributed by atoms with Gasteiger partial charge in [-0.25, -0.2) is 4.39 Å². The maximum Gasteiger partial charge on any atom is 0.126 e. The van der Waals surface area contributed by atoms with Crippen molar-refractivity contribution < 1.29 is 4.39 Å². The number of hydrogen-bond acceptors (Lipinski definition) is 2. The molecular weight excluding hydrogens is 263 g/mol. The number of halogens is 2. The van der Waals surface area contributed by atoms with E-state index >= 15 is 0 Å². The Morgan fingerprint density at radius 1 is 1.42 bits per heavy atom. The Hall–Kier alpha value is -0.800. The number of benzene rings is 1. The first-order valence-corrected chi connectivity index (χ1v) is 7.27. The predicted octanol–water partition coefficient (Wildman–Crippen LogP) is 4.04. The molecule has 0 spiro atoms. The van der Waals surface area contributed by atoms with Gasteiger partial charge in [0, 0.05) is 17.3 Å². The van der Waals surface area contributed by atoms with Crippen molar-refractivity contribution in [2.75, 3.05) is 11.9 Å². The van der Waals surface area contributed by atoms with Crippen LogP contribution in [0.5, 0.6) is 0 Å². The molecule has 106 valence electrons. The van der Waals surface area contributed by atoms with Gasteiger partial charge in [-0.3, -0.25) is 0 Å². The predicted molar refractivity (Wildman–Crippen MR) is 79.0 cm³/mol. The van der Waals surface area contributed by atoms with Crippen molar-refractivity contribution >= 4 is 17.3 Å². The van der Waals surface area contributed by atoms with Crippen molar-refractivity contribution in [2.45, 2.75) is 38.6 Å². The van der Waals surface area contributed by atoms with Gasteiger partial charge in [0.05, 0.1) is 5.54 Å². The van der Waals surface area contributed by atoms with Gasteiger partial charge < -0.3 is 11.1 Å². The molecule has 3 N–H and O–H groups in total. The second-order valence-corrected chi connectivity index (χ2v) is 6.36. The van der Waals surface area contributed by atoms with Crippen molar-refractivity contribution in [3.8, 4) is 0 Å². The summed E-state index contributed by atoms with van der Waals surface area (Å²) in [6.45, 7) is 5.04. The number of anilines is 1.